The van der Waals surface area contributed by atoms with Crippen molar-refractivity contribution in [2.45, 2.75) is 0 Å². The van der Waals surface area contributed by atoms with Gasteiger partial charge in [0.2, 0.25) is 0 Å². The number of benzene rings is 3. The van der Waals surface area contributed by atoms with Crippen LogP contribution in [0.2, 0.25) is 20.1 Å². The van der Waals surface area contributed by atoms with Gasteiger partial charge in [-0.2, -0.15) is 0 Å². The molecule has 0 heterocycles. The Labute approximate surface area is 124 Å². The summed E-state index contributed by atoms with van der Waals surface area (Å²) in [4.78, 5) is 0. The van der Waals surface area contributed by atoms with E-state index in [1.807, 2.05) is 18.2 Å². The zero-order valence-electron chi connectivity index (χ0n) is 8.82. The van der Waals surface area contributed by atoms with E-state index in [0.29, 0.717) is 20.5 Å². The van der Waals surface area contributed by atoms with Gasteiger partial charge in [-0.05, 0) is 23.6 Å². The molecule has 3 aromatic rings. The van der Waals surface area contributed by atoms with E-state index >= 15 is 0 Å². The number of fused-ring (bicyclic) bond motifs is 2. The molecule has 3 aromatic carbocycles. The number of halogens is 4. The lowest BCUT2D eigenvalue weighted by Crippen LogP contribution is -1.83. The van der Waals surface area contributed by atoms with Gasteiger partial charge in [-0.15, -0.1) is 0 Å². The van der Waals surface area contributed by atoms with E-state index in [4.69, 9.17) is 46.4 Å². The van der Waals surface area contributed by atoms with Gasteiger partial charge in [0.05, 0.1) is 20.1 Å². The van der Waals surface area contributed by atoms with E-state index < -0.39 is 0 Å². The normalized spacial score (nSPS) is 11.3. The van der Waals surface area contributed by atoms with Crippen molar-refractivity contribution in [3.05, 3.63) is 56.5 Å². The van der Waals surface area contributed by atoms with Crippen molar-refractivity contribution < 1.29 is 0 Å². The SMILES string of the molecule is Clc1[c]c2c(Cl)c3cc[c]cc3cc2c(Cl)c1Cl. The Bertz CT molecular complexity index is 778. The average molecular weight is 314 g/mol. The first kappa shape index (κ1) is 12.4. The molecule has 0 amide bonds. The van der Waals surface area contributed by atoms with E-state index in [2.05, 4.69) is 12.1 Å². The van der Waals surface area contributed by atoms with Crippen LogP contribution >= 0.6 is 46.4 Å². The van der Waals surface area contributed by atoms with Gasteiger partial charge in [-0.1, -0.05) is 58.5 Å². The second-order valence-electron chi connectivity index (χ2n) is 3.83. The molecule has 2 radical (unpaired) electrons. The highest BCUT2D eigenvalue weighted by atomic mass is 35.5. The molecule has 0 aliphatic heterocycles. The quantitative estimate of drug-likeness (QED) is 0.342. The second kappa shape index (κ2) is 4.47. The summed E-state index contributed by atoms with van der Waals surface area (Å²) in [5, 5.41) is 4.80. The van der Waals surface area contributed by atoms with Crippen molar-refractivity contribution in [2.24, 2.45) is 0 Å². The van der Waals surface area contributed by atoms with Crippen LogP contribution in [0.1, 0.15) is 0 Å². The molecule has 0 saturated carbocycles. The molecule has 4 heteroatoms. The van der Waals surface area contributed by atoms with Crippen molar-refractivity contribution in [3.63, 3.8) is 0 Å². The van der Waals surface area contributed by atoms with Crippen molar-refractivity contribution in [1.29, 1.82) is 0 Å². The molecule has 0 aromatic heterocycles. The third-order valence-electron chi connectivity index (χ3n) is 2.78. The van der Waals surface area contributed by atoms with Gasteiger partial charge in [0, 0.05) is 22.2 Å². The summed E-state index contributed by atoms with van der Waals surface area (Å²) in [7, 11) is 0. The Morgan fingerprint density at radius 2 is 1.67 bits per heavy atom. The molecule has 0 aliphatic carbocycles. The lowest BCUT2D eigenvalue weighted by molar-refractivity contribution is 1.74. The average Bonchev–Trinajstić information content (AvgIpc) is 2.38. The predicted octanol–water partition coefficient (Wildman–Crippen LogP) is 6.21. The Morgan fingerprint density at radius 3 is 2.44 bits per heavy atom. The molecule has 0 aliphatic rings. The van der Waals surface area contributed by atoms with Crippen LogP contribution in [-0.4, -0.2) is 0 Å². The van der Waals surface area contributed by atoms with Crippen LogP contribution in [0.4, 0.5) is 0 Å². The fourth-order valence-electron chi connectivity index (χ4n) is 1.92. The number of hydrogen-bond donors (Lipinski definition) is 0. The predicted molar refractivity (Wildman–Crippen MR) is 79.2 cm³/mol. The zero-order valence-corrected chi connectivity index (χ0v) is 11.8. The van der Waals surface area contributed by atoms with Crippen LogP contribution in [0, 0.1) is 12.1 Å². The molecule has 18 heavy (non-hydrogen) atoms. The van der Waals surface area contributed by atoms with Crippen LogP contribution in [-0.2, 0) is 0 Å². The summed E-state index contributed by atoms with van der Waals surface area (Å²) in [5.74, 6) is 0. The van der Waals surface area contributed by atoms with E-state index in [0.717, 1.165) is 16.2 Å². The minimum absolute atomic E-state index is 0.276. The zero-order chi connectivity index (χ0) is 12.9. The molecule has 0 nitrogen and oxygen atoms in total. The van der Waals surface area contributed by atoms with E-state index in [1.165, 1.54) is 0 Å². The summed E-state index contributed by atoms with van der Waals surface area (Å²) in [6, 6.07) is 13.4. The number of hydrogen-bond acceptors (Lipinski definition) is 0. The van der Waals surface area contributed by atoms with Crippen LogP contribution in [0.25, 0.3) is 21.5 Å². The fraction of sp³-hybridized carbons (Fsp3) is 0. The van der Waals surface area contributed by atoms with E-state index in [1.54, 1.807) is 6.07 Å². The van der Waals surface area contributed by atoms with Crippen LogP contribution in [0.15, 0.2) is 24.3 Å². The molecular formula is C14H4Cl4. The van der Waals surface area contributed by atoms with Gasteiger partial charge in [0.25, 0.3) is 0 Å². The van der Waals surface area contributed by atoms with Crippen molar-refractivity contribution >= 4 is 67.9 Å². The van der Waals surface area contributed by atoms with E-state index in [-0.39, 0.29) is 5.02 Å². The van der Waals surface area contributed by atoms with Crippen LogP contribution < -0.4 is 0 Å². The first-order valence-corrected chi connectivity index (χ1v) is 6.58. The smallest absolute Gasteiger partial charge is 0.0791 e. The highest BCUT2D eigenvalue weighted by Gasteiger charge is 2.13. The molecule has 0 bridgehead atoms. The molecular weight excluding hydrogens is 310 g/mol. The Kier molecular flexibility index (Phi) is 3.07. The molecule has 0 saturated heterocycles. The summed E-state index contributed by atoms with van der Waals surface area (Å²) < 4.78 is 0. The summed E-state index contributed by atoms with van der Waals surface area (Å²) >= 11 is 24.6. The Balaban J connectivity index is 2.60. The molecule has 3 rings (SSSR count). The number of rotatable bonds is 0. The van der Waals surface area contributed by atoms with Gasteiger partial charge >= 0.3 is 0 Å². The van der Waals surface area contributed by atoms with E-state index in [9.17, 15) is 0 Å². The maximum absolute atomic E-state index is 6.37. The monoisotopic (exact) mass is 312 g/mol. The molecule has 0 atom stereocenters. The first-order chi connectivity index (χ1) is 8.59. The van der Waals surface area contributed by atoms with Crippen LogP contribution in [0.5, 0.6) is 0 Å². The first-order valence-electron chi connectivity index (χ1n) is 5.07. The summed E-state index contributed by atoms with van der Waals surface area (Å²) in [6.07, 6.45) is 0. The van der Waals surface area contributed by atoms with Gasteiger partial charge in [0.1, 0.15) is 0 Å². The second-order valence-corrected chi connectivity index (χ2v) is 5.34. The van der Waals surface area contributed by atoms with Crippen molar-refractivity contribution in [1.82, 2.24) is 0 Å². The largest absolute Gasteiger partial charge is 0.0830 e. The fourth-order valence-corrected chi connectivity index (χ4v) is 2.87. The molecule has 0 unspecified atom stereocenters. The molecule has 0 fully saturated rings. The van der Waals surface area contributed by atoms with Gasteiger partial charge in [-0.3, -0.25) is 0 Å². The standard InChI is InChI=1S/C14H4Cl4/c15-11-6-10-9(13(17)14(11)18)5-7-3-1-2-4-8(7)12(10)16/h2-5H. The maximum Gasteiger partial charge on any atom is 0.0791 e. The van der Waals surface area contributed by atoms with Gasteiger partial charge in [-0.25, -0.2) is 0 Å². The molecule has 0 spiro atoms. The minimum atomic E-state index is 0.276. The molecule has 88 valence electrons. The third-order valence-corrected chi connectivity index (χ3v) is 4.42. The Morgan fingerprint density at radius 1 is 0.889 bits per heavy atom. The molecule has 0 N–H and O–H groups in total. The van der Waals surface area contributed by atoms with Crippen molar-refractivity contribution in [2.75, 3.05) is 0 Å². The highest BCUT2D eigenvalue weighted by Crippen LogP contribution is 2.41. The Hall–Kier alpha value is -0.660. The lowest BCUT2D eigenvalue weighted by atomic mass is 10.0. The third kappa shape index (κ3) is 1.76. The summed E-state index contributed by atoms with van der Waals surface area (Å²) in [6.45, 7) is 0. The lowest BCUT2D eigenvalue weighted by Gasteiger charge is -2.09. The minimum Gasteiger partial charge on any atom is -0.0830 e. The maximum atomic E-state index is 6.37. The summed E-state index contributed by atoms with van der Waals surface area (Å²) in [5.41, 5.74) is 0. The highest BCUT2D eigenvalue weighted by molar-refractivity contribution is 6.52. The van der Waals surface area contributed by atoms with Crippen LogP contribution in [0.3, 0.4) is 0 Å². The van der Waals surface area contributed by atoms with Gasteiger partial charge < -0.3 is 0 Å². The van der Waals surface area contributed by atoms with Crippen molar-refractivity contribution in [3.8, 4) is 0 Å². The topological polar surface area (TPSA) is 0 Å². The van der Waals surface area contributed by atoms with Gasteiger partial charge in [0.15, 0.2) is 0 Å².